The van der Waals surface area contributed by atoms with Gasteiger partial charge in [-0.3, -0.25) is 9.48 Å². The van der Waals surface area contributed by atoms with Crippen molar-refractivity contribution in [2.45, 2.75) is 20.0 Å². The van der Waals surface area contributed by atoms with Gasteiger partial charge < -0.3 is 10.1 Å². The van der Waals surface area contributed by atoms with E-state index in [0.717, 1.165) is 29.1 Å². The zero-order chi connectivity index (χ0) is 21.1. The zero-order valence-electron chi connectivity index (χ0n) is 15.2. The van der Waals surface area contributed by atoms with Crippen LogP contribution in [0.5, 0.6) is 0 Å². The fourth-order valence-corrected chi connectivity index (χ4v) is 2.61. The van der Waals surface area contributed by atoms with Gasteiger partial charge in [-0.2, -0.15) is 18.3 Å². The predicted octanol–water partition coefficient (Wildman–Crippen LogP) is 3.90. The minimum absolute atomic E-state index is 0.116. The molecule has 0 unspecified atom stereocenters. The lowest BCUT2D eigenvalue weighted by Crippen LogP contribution is -2.20. The summed E-state index contributed by atoms with van der Waals surface area (Å²) in [6.07, 6.45) is -1.99. The highest BCUT2D eigenvalue weighted by Crippen LogP contribution is 2.36. The number of ether oxygens (including phenoxy) is 1. The summed E-state index contributed by atoms with van der Waals surface area (Å²) >= 11 is 5.51. The largest absolute Gasteiger partial charge is 0.452 e. The Hall–Kier alpha value is -2.81. The number of aryl methyl sites for hydroxylation is 2. The molecule has 1 aromatic carbocycles. The molecule has 2 rings (SSSR count). The van der Waals surface area contributed by atoms with Gasteiger partial charge in [-0.05, 0) is 38.1 Å². The predicted molar refractivity (Wildman–Crippen MR) is 97.8 cm³/mol. The molecule has 0 aliphatic carbocycles. The minimum atomic E-state index is -4.66. The van der Waals surface area contributed by atoms with Crippen molar-refractivity contribution in [2.24, 2.45) is 7.05 Å². The van der Waals surface area contributed by atoms with E-state index in [0.29, 0.717) is 6.07 Å². The Labute approximate surface area is 163 Å². The molecule has 0 fully saturated rings. The minimum Gasteiger partial charge on any atom is -0.452 e. The number of esters is 1. The summed E-state index contributed by atoms with van der Waals surface area (Å²) in [7, 11) is 1.77. The number of rotatable bonds is 5. The number of carbonyl (C=O) groups is 2. The van der Waals surface area contributed by atoms with Crippen molar-refractivity contribution in [3.8, 4) is 0 Å². The Kier molecular flexibility index (Phi) is 6.50. The van der Waals surface area contributed by atoms with Gasteiger partial charge in [0.2, 0.25) is 0 Å². The average molecular weight is 416 g/mol. The number of halogens is 4. The summed E-state index contributed by atoms with van der Waals surface area (Å²) in [4.78, 5) is 23.6. The standard InChI is InChI=1S/C18H17ClF3N3O3/c1-10-13(11(2)25(3)24-10)5-7-17(27)28-9-16(26)23-12-4-6-15(19)14(8-12)18(20,21)22/h4-8H,9H2,1-3H3,(H,23,26)/b7-5+. The van der Waals surface area contributed by atoms with Crippen molar-refractivity contribution in [3.63, 3.8) is 0 Å². The molecule has 0 saturated carbocycles. The first-order chi connectivity index (χ1) is 13.0. The first-order valence-electron chi connectivity index (χ1n) is 8.00. The maximum Gasteiger partial charge on any atom is 0.417 e. The number of benzene rings is 1. The van der Waals surface area contributed by atoms with E-state index >= 15 is 0 Å². The fraction of sp³-hybridized carbons (Fsp3) is 0.278. The van der Waals surface area contributed by atoms with E-state index in [1.807, 2.05) is 6.92 Å². The second-order valence-electron chi connectivity index (χ2n) is 5.89. The van der Waals surface area contributed by atoms with Crippen LogP contribution in [0, 0.1) is 13.8 Å². The topological polar surface area (TPSA) is 73.2 Å². The SMILES string of the molecule is Cc1nn(C)c(C)c1/C=C/C(=O)OCC(=O)Nc1ccc(Cl)c(C(F)(F)F)c1. The molecule has 0 saturated heterocycles. The second kappa shape index (κ2) is 8.47. The fourth-order valence-electron chi connectivity index (χ4n) is 2.38. The summed E-state index contributed by atoms with van der Waals surface area (Å²) in [5.41, 5.74) is 1.14. The van der Waals surface area contributed by atoms with E-state index in [9.17, 15) is 22.8 Å². The Balaban J connectivity index is 1.94. The molecule has 10 heteroatoms. The highest BCUT2D eigenvalue weighted by Gasteiger charge is 2.33. The molecule has 1 amide bonds. The van der Waals surface area contributed by atoms with Gasteiger partial charge in [0.1, 0.15) is 0 Å². The Bertz CT molecular complexity index is 936. The third kappa shape index (κ3) is 5.35. The van der Waals surface area contributed by atoms with E-state index in [-0.39, 0.29) is 5.69 Å². The summed E-state index contributed by atoms with van der Waals surface area (Å²) < 4.78 is 44.9. The maximum absolute atomic E-state index is 12.8. The molecule has 28 heavy (non-hydrogen) atoms. The molecule has 0 bridgehead atoms. The van der Waals surface area contributed by atoms with Gasteiger partial charge >= 0.3 is 12.1 Å². The highest BCUT2D eigenvalue weighted by molar-refractivity contribution is 6.31. The van der Waals surface area contributed by atoms with Crippen LogP contribution in [-0.2, 0) is 27.5 Å². The lowest BCUT2D eigenvalue weighted by atomic mass is 10.2. The smallest absolute Gasteiger partial charge is 0.417 e. The molecule has 150 valence electrons. The number of amides is 1. The van der Waals surface area contributed by atoms with E-state index in [2.05, 4.69) is 10.4 Å². The van der Waals surface area contributed by atoms with Crippen LogP contribution < -0.4 is 5.32 Å². The zero-order valence-corrected chi connectivity index (χ0v) is 16.0. The second-order valence-corrected chi connectivity index (χ2v) is 6.30. The Morgan fingerprint density at radius 2 is 2.00 bits per heavy atom. The molecule has 6 nitrogen and oxygen atoms in total. The molecular weight excluding hydrogens is 399 g/mol. The van der Waals surface area contributed by atoms with Crippen molar-refractivity contribution >= 4 is 35.2 Å². The van der Waals surface area contributed by atoms with E-state index < -0.39 is 35.2 Å². The first kappa shape index (κ1) is 21.5. The van der Waals surface area contributed by atoms with Crippen LogP contribution in [0.4, 0.5) is 18.9 Å². The van der Waals surface area contributed by atoms with Crippen LogP contribution in [0.15, 0.2) is 24.3 Å². The van der Waals surface area contributed by atoms with Crippen LogP contribution in [0.25, 0.3) is 6.08 Å². The molecule has 1 N–H and O–H groups in total. The van der Waals surface area contributed by atoms with Crippen LogP contribution in [-0.4, -0.2) is 28.3 Å². The normalized spacial score (nSPS) is 11.7. The van der Waals surface area contributed by atoms with Crippen molar-refractivity contribution in [3.05, 3.63) is 51.8 Å². The third-order valence-electron chi connectivity index (χ3n) is 3.85. The molecule has 2 aromatic rings. The Morgan fingerprint density at radius 3 is 2.57 bits per heavy atom. The van der Waals surface area contributed by atoms with Crippen molar-refractivity contribution in [2.75, 3.05) is 11.9 Å². The summed E-state index contributed by atoms with van der Waals surface area (Å²) in [5, 5.41) is 5.94. The van der Waals surface area contributed by atoms with Crippen molar-refractivity contribution < 1.29 is 27.5 Å². The van der Waals surface area contributed by atoms with Crippen molar-refractivity contribution in [1.29, 1.82) is 0 Å². The van der Waals surface area contributed by atoms with Gasteiger partial charge in [-0.15, -0.1) is 0 Å². The van der Waals surface area contributed by atoms with Crippen LogP contribution in [0.1, 0.15) is 22.5 Å². The molecule has 1 aromatic heterocycles. The van der Waals surface area contributed by atoms with Gasteiger partial charge in [-0.25, -0.2) is 4.79 Å². The average Bonchev–Trinajstić information content (AvgIpc) is 2.84. The summed E-state index contributed by atoms with van der Waals surface area (Å²) in [5.74, 6) is -1.56. The van der Waals surface area contributed by atoms with E-state index in [1.165, 1.54) is 12.1 Å². The molecule has 1 heterocycles. The quantitative estimate of drug-likeness (QED) is 0.593. The number of nitrogens with zero attached hydrogens (tertiary/aromatic N) is 2. The van der Waals surface area contributed by atoms with Crippen LogP contribution in [0.3, 0.4) is 0 Å². The van der Waals surface area contributed by atoms with Gasteiger partial charge in [0.25, 0.3) is 5.91 Å². The lowest BCUT2D eigenvalue weighted by Gasteiger charge is -2.11. The third-order valence-corrected chi connectivity index (χ3v) is 4.18. The van der Waals surface area contributed by atoms with Gasteiger partial charge in [0.15, 0.2) is 6.61 Å². The summed E-state index contributed by atoms with van der Waals surface area (Å²) in [6, 6.07) is 2.94. The van der Waals surface area contributed by atoms with Gasteiger partial charge in [0, 0.05) is 30.1 Å². The van der Waals surface area contributed by atoms with Crippen molar-refractivity contribution in [1.82, 2.24) is 9.78 Å². The number of carbonyl (C=O) groups excluding carboxylic acids is 2. The van der Waals surface area contributed by atoms with Crippen LogP contribution in [0.2, 0.25) is 5.02 Å². The monoisotopic (exact) mass is 415 g/mol. The van der Waals surface area contributed by atoms with Crippen LogP contribution >= 0.6 is 11.6 Å². The number of nitrogens with one attached hydrogen (secondary N) is 1. The number of alkyl halides is 3. The number of anilines is 1. The van der Waals surface area contributed by atoms with Gasteiger partial charge in [-0.1, -0.05) is 11.6 Å². The summed E-state index contributed by atoms with van der Waals surface area (Å²) in [6.45, 7) is 2.96. The molecule has 0 atom stereocenters. The maximum atomic E-state index is 12.8. The number of hydrogen-bond acceptors (Lipinski definition) is 4. The molecule has 0 aliphatic heterocycles. The lowest BCUT2D eigenvalue weighted by molar-refractivity contribution is -0.142. The van der Waals surface area contributed by atoms with Gasteiger partial charge in [0.05, 0.1) is 16.3 Å². The van der Waals surface area contributed by atoms with E-state index in [4.69, 9.17) is 16.3 Å². The highest BCUT2D eigenvalue weighted by atomic mass is 35.5. The van der Waals surface area contributed by atoms with E-state index in [1.54, 1.807) is 18.7 Å². The molecular formula is C18H17ClF3N3O3. The molecule has 0 aliphatic rings. The number of hydrogen-bond donors (Lipinski definition) is 1. The molecule has 0 radical (unpaired) electrons. The molecule has 0 spiro atoms. The Morgan fingerprint density at radius 1 is 1.32 bits per heavy atom. The number of aromatic nitrogens is 2. The first-order valence-corrected chi connectivity index (χ1v) is 8.38.